The van der Waals surface area contributed by atoms with Gasteiger partial charge in [0.1, 0.15) is 0 Å². The summed E-state index contributed by atoms with van der Waals surface area (Å²) in [5, 5.41) is 0. The van der Waals surface area contributed by atoms with Crippen molar-refractivity contribution in [3.63, 3.8) is 0 Å². The molecule has 0 aromatic carbocycles. The molecule has 0 aromatic rings. The number of rotatable bonds is 1. The summed E-state index contributed by atoms with van der Waals surface area (Å²) in [6, 6.07) is 0.0214. The molecule has 0 saturated carbocycles. The Bertz CT molecular complexity index is 385. The molecule has 2 atom stereocenters. The van der Waals surface area contributed by atoms with E-state index in [1.807, 2.05) is 15.9 Å². The summed E-state index contributed by atoms with van der Waals surface area (Å²) in [4.78, 5) is 28.3. The monoisotopic (exact) mass is 248 g/mol. The van der Waals surface area contributed by atoms with Crippen LogP contribution in [-0.4, -0.2) is 47.3 Å². The van der Waals surface area contributed by atoms with E-state index in [-0.39, 0.29) is 23.8 Å². The van der Waals surface area contributed by atoms with E-state index in [1.54, 1.807) is 0 Å². The third-order valence-corrected chi connectivity index (χ3v) is 4.37. The van der Waals surface area contributed by atoms with Crippen molar-refractivity contribution in [2.45, 2.75) is 38.1 Å². The van der Waals surface area contributed by atoms with Crippen molar-refractivity contribution in [2.24, 2.45) is 5.92 Å². The van der Waals surface area contributed by atoms with E-state index in [1.165, 1.54) is 0 Å². The van der Waals surface area contributed by atoms with Crippen molar-refractivity contribution in [3.8, 4) is 0 Å². The first kappa shape index (κ1) is 11.8. The molecule has 2 amide bonds. The number of likely N-dealkylation sites (tertiary alicyclic amines) is 1. The van der Waals surface area contributed by atoms with Gasteiger partial charge in [-0.25, -0.2) is 0 Å². The minimum absolute atomic E-state index is 0.00245. The van der Waals surface area contributed by atoms with Crippen LogP contribution in [0, 0.1) is 5.92 Å². The molecule has 2 fully saturated rings. The SMILES string of the molecule is O=C([C@H]1CCCN2C(=O)CC=C[C@H]12)N1CCCC1. The number of nitrogens with zero attached hydrogens (tertiary/aromatic N) is 2. The van der Waals surface area contributed by atoms with Crippen LogP contribution in [0.4, 0.5) is 0 Å². The highest BCUT2D eigenvalue weighted by molar-refractivity contribution is 5.84. The Kier molecular flexibility index (Phi) is 3.10. The van der Waals surface area contributed by atoms with Crippen molar-refractivity contribution in [1.29, 1.82) is 0 Å². The Labute approximate surface area is 108 Å². The topological polar surface area (TPSA) is 40.6 Å². The van der Waals surface area contributed by atoms with Crippen molar-refractivity contribution >= 4 is 11.8 Å². The van der Waals surface area contributed by atoms with Crippen LogP contribution in [0.1, 0.15) is 32.1 Å². The standard InChI is InChI=1S/C14H20N2O2/c17-13-7-3-6-12-11(5-4-10-16(12)13)14(18)15-8-1-2-9-15/h3,6,11-12H,1-2,4-5,7-10H2/t11-,12+/m0/s1. The molecule has 98 valence electrons. The van der Waals surface area contributed by atoms with Gasteiger partial charge in [0.25, 0.3) is 0 Å². The number of fused-ring (bicyclic) bond motifs is 1. The molecule has 3 aliphatic heterocycles. The van der Waals surface area contributed by atoms with Crippen LogP contribution < -0.4 is 0 Å². The first-order chi connectivity index (χ1) is 8.77. The van der Waals surface area contributed by atoms with Crippen LogP contribution in [0.2, 0.25) is 0 Å². The van der Waals surface area contributed by atoms with E-state index in [4.69, 9.17) is 0 Å². The van der Waals surface area contributed by atoms with Gasteiger partial charge < -0.3 is 9.80 Å². The van der Waals surface area contributed by atoms with Crippen molar-refractivity contribution in [3.05, 3.63) is 12.2 Å². The highest BCUT2D eigenvalue weighted by atomic mass is 16.2. The summed E-state index contributed by atoms with van der Waals surface area (Å²) in [5.74, 6) is 0.445. The lowest BCUT2D eigenvalue weighted by Gasteiger charge is -2.42. The first-order valence-corrected chi connectivity index (χ1v) is 7.02. The lowest BCUT2D eigenvalue weighted by molar-refractivity contribution is -0.143. The van der Waals surface area contributed by atoms with E-state index in [9.17, 15) is 9.59 Å². The normalized spacial score (nSPS) is 31.7. The summed E-state index contributed by atoms with van der Waals surface area (Å²) < 4.78 is 0. The molecule has 18 heavy (non-hydrogen) atoms. The van der Waals surface area contributed by atoms with Gasteiger partial charge in [-0.2, -0.15) is 0 Å². The molecule has 2 saturated heterocycles. The van der Waals surface area contributed by atoms with Gasteiger partial charge in [-0.05, 0) is 25.7 Å². The van der Waals surface area contributed by atoms with Crippen LogP contribution in [0.15, 0.2) is 12.2 Å². The molecule has 4 nitrogen and oxygen atoms in total. The van der Waals surface area contributed by atoms with E-state index in [2.05, 4.69) is 6.08 Å². The molecule has 0 unspecified atom stereocenters. The number of hydrogen-bond donors (Lipinski definition) is 0. The van der Waals surface area contributed by atoms with Gasteiger partial charge in [-0.3, -0.25) is 9.59 Å². The molecular formula is C14H20N2O2. The van der Waals surface area contributed by atoms with Crippen molar-refractivity contribution in [2.75, 3.05) is 19.6 Å². The predicted octanol–water partition coefficient (Wildman–Crippen LogP) is 1.18. The summed E-state index contributed by atoms with van der Waals surface area (Å²) in [7, 11) is 0. The first-order valence-electron chi connectivity index (χ1n) is 7.02. The Morgan fingerprint density at radius 3 is 2.72 bits per heavy atom. The van der Waals surface area contributed by atoms with Gasteiger partial charge in [-0.1, -0.05) is 12.2 Å². The molecule has 3 heterocycles. The Hall–Kier alpha value is -1.32. The molecule has 0 bridgehead atoms. The van der Waals surface area contributed by atoms with Crippen LogP contribution in [0.25, 0.3) is 0 Å². The quantitative estimate of drug-likeness (QED) is 0.654. The fraction of sp³-hybridized carbons (Fsp3) is 0.714. The van der Waals surface area contributed by atoms with Gasteiger partial charge in [0.15, 0.2) is 0 Å². The number of piperidine rings is 1. The molecule has 3 rings (SSSR count). The average molecular weight is 248 g/mol. The van der Waals surface area contributed by atoms with Gasteiger partial charge in [0.05, 0.1) is 12.0 Å². The molecule has 0 N–H and O–H groups in total. The zero-order valence-corrected chi connectivity index (χ0v) is 10.7. The van der Waals surface area contributed by atoms with E-state index >= 15 is 0 Å². The zero-order valence-electron chi connectivity index (χ0n) is 10.7. The third-order valence-electron chi connectivity index (χ3n) is 4.37. The second kappa shape index (κ2) is 4.75. The number of carbonyl (C=O) groups excluding carboxylic acids is 2. The Balaban J connectivity index is 1.78. The highest BCUT2D eigenvalue weighted by Crippen LogP contribution is 2.30. The molecule has 4 heteroatoms. The molecule has 0 radical (unpaired) electrons. The molecule has 3 aliphatic rings. The summed E-state index contributed by atoms with van der Waals surface area (Å²) in [6.45, 7) is 2.62. The summed E-state index contributed by atoms with van der Waals surface area (Å²) in [5.41, 5.74) is 0. The average Bonchev–Trinajstić information content (AvgIpc) is 2.92. The maximum atomic E-state index is 12.5. The summed E-state index contributed by atoms with van der Waals surface area (Å²) in [6.07, 6.45) is 8.64. The molecule has 0 aliphatic carbocycles. The Morgan fingerprint density at radius 1 is 1.17 bits per heavy atom. The maximum Gasteiger partial charge on any atom is 0.228 e. The third kappa shape index (κ3) is 1.93. The zero-order chi connectivity index (χ0) is 12.5. The van der Waals surface area contributed by atoms with Gasteiger partial charge >= 0.3 is 0 Å². The maximum absolute atomic E-state index is 12.5. The van der Waals surface area contributed by atoms with E-state index in [0.29, 0.717) is 6.42 Å². The Morgan fingerprint density at radius 2 is 1.94 bits per heavy atom. The fourth-order valence-electron chi connectivity index (χ4n) is 3.41. The van der Waals surface area contributed by atoms with Crippen LogP contribution in [0.3, 0.4) is 0 Å². The molecule has 0 aromatic heterocycles. The largest absolute Gasteiger partial charge is 0.342 e. The van der Waals surface area contributed by atoms with E-state index in [0.717, 1.165) is 45.3 Å². The van der Waals surface area contributed by atoms with Crippen molar-refractivity contribution < 1.29 is 9.59 Å². The molecular weight excluding hydrogens is 228 g/mol. The smallest absolute Gasteiger partial charge is 0.228 e. The van der Waals surface area contributed by atoms with Gasteiger partial charge in [0, 0.05) is 26.1 Å². The van der Waals surface area contributed by atoms with Crippen LogP contribution >= 0.6 is 0 Å². The lowest BCUT2D eigenvalue weighted by atomic mass is 9.85. The van der Waals surface area contributed by atoms with Gasteiger partial charge in [0.2, 0.25) is 11.8 Å². The van der Waals surface area contributed by atoms with Crippen LogP contribution in [0.5, 0.6) is 0 Å². The fourth-order valence-corrected chi connectivity index (χ4v) is 3.41. The summed E-state index contributed by atoms with van der Waals surface area (Å²) >= 11 is 0. The second-order valence-electron chi connectivity index (χ2n) is 5.49. The van der Waals surface area contributed by atoms with E-state index < -0.39 is 0 Å². The second-order valence-corrected chi connectivity index (χ2v) is 5.49. The number of carbonyl (C=O) groups is 2. The number of hydrogen-bond acceptors (Lipinski definition) is 2. The number of amides is 2. The van der Waals surface area contributed by atoms with Crippen molar-refractivity contribution in [1.82, 2.24) is 9.80 Å². The van der Waals surface area contributed by atoms with Gasteiger partial charge in [-0.15, -0.1) is 0 Å². The minimum Gasteiger partial charge on any atom is -0.342 e. The highest BCUT2D eigenvalue weighted by Gasteiger charge is 2.39. The lowest BCUT2D eigenvalue weighted by Crippen LogP contribution is -2.53. The van der Waals surface area contributed by atoms with Crippen LogP contribution in [-0.2, 0) is 9.59 Å². The predicted molar refractivity (Wildman–Crippen MR) is 67.8 cm³/mol. The molecule has 0 spiro atoms. The minimum atomic E-state index is -0.00245.